The Balaban J connectivity index is 3.63. The third-order valence-corrected chi connectivity index (χ3v) is 2.28. The highest BCUT2D eigenvalue weighted by Crippen LogP contribution is 2.17. The van der Waals surface area contributed by atoms with Crippen LogP contribution >= 0.6 is 0 Å². The van der Waals surface area contributed by atoms with Gasteiger partial charge >= 0.3 is 0 Å². The summed E-state index contributed by atoms with van der Waals surface area (Å²) < 4.78 is 5.57. The van der Waals surface area contributed by atoms with Crippen LogP contribution in [0.4, 0.5) is 0 Å². The van der Waals surface area contributed by atoms with Gasteiger partial charge in [0.1, 0.15) is 6.73 Å². The van der Waals surface area contributed by atoms with Crippen molar-refractivity contribution in [2.45, 2.75) is 52.1 Å². The van der Waals surface area contributed by atoms with E-state index in [1.54, 1.807) is 0 Å². The van der Waals surface area contributed by atoms with E-state index in [0.29, 0.717) is 0 Å². The Labute approximate surface area is 92.9 Å². The summed E-state index contributed by atoms with van der Waals surface area (Å²) in [5.74, 6) is -0.195. The average molecular weight is 213 g/mol. The maximum atomic E-state index is 10.8. The fourth-order valence-corrected chi connectivity index (χ4v) is 1.25. The molecule has 0 unspecified atom stereocenters. The number of hydrogen-bond donors (Lipinski definition) is 1. The second-order valence-corrected chi connectivity index (χ2v) is 4.25. The van der Waals surface area contributed by atoms with Crippen molar-refractivity contribution in [2.24, 2.45) is 0 Å². The lowest BCUT2D eigenvalue weighted by molar-refractivity contribution is -0.120. The fraction of sp³-hybridized carbons (Fsp3) is 0.750. The zero-order valence-electron chi connectivity index (χ0n) is 10.1. The summed E-state index contributed by atoms with van der Waals surface area (Å²) in [4.78, 5) is 10.8. The second kappa shape index (κ2) is 7.46. The quantitative estimate of drug-likeness (QED) is 0.382. The largest absolute Gasteiger partial charge is 0.355 e. The molecule has 0 aliphatic rings. The highest BCUT2D eigenvalue weighted by molar-refractivity contribution is 5.86. The molecule has 3 nitrogen and oxygen atoms in total. The van der Waals surface area contributed by atoms with Gasteiger partial charge in [-0.25, -0.2) is 0 Å². The van der Waals surface area contributed by atoms with Crippen molar-refractivity contribution in [3.8, 4) is 0 Å². The van der Waals surface area contributed by atoms with Crippen molar-refractivity contribution in [3.05, 3.63) is 12.7 Å². The number of carbonyl (C=O) groups excluding carboxylic acids is 1. The molecule has 0 atom stereocenters. The van der Waals surface area contributed by atoms with E-state index in [-0.39, 0.29) is 18.2 Å². The van der Waals surface area contributed by atoms with Crippen LogP contribution in [0.2, 0.25) is 0 Å². The van der Waals surface area contributed by atoms with Gasteiger partial charge in [-0.05, 0) is 26.3 Å². The molecule has 0 aliphatic heterocycles. The molecular formula is C12H23NO2. The molecule has 0 fully saturated rings. The average Bonchev–Trinajstić information content (AvgIpc) is 2.17. The van der Waals surface area contributed by atoms with E-state index < -0.39 is 0 Å². The molecule has 1 N–H and O–H groups in total. The smallest absolute Gasteiger partial charge is 0.245 e. The van der Waals surface area contributed by atoms with Gasteiger partial charge in [0.25, 0.3) is 0 Å². The lowest BCUT2D eigenvalue weighted by Gasteiger charge is -2.25. The van der Waals surface area contributed by atoms with Crippen molar-refractivity contribution in [1.29, 1.82) is 0 Å². The highest BCUT2D eigenvalue weighted by Gasteiger charge is 2.17. The lowest BCUT2D eigenvalue weighted by Crippen LogP contribution is -2.32. The Kier molecular flexibility index (Phi) is 7.05. The Morgan fingerprint density at radius 1 is 1.47 bits per heavy atom. The van der Waals surface area contributed by atoms with Gasteiger partial charge in [-0.2, -0.15) is 0 Å². The molecule has 0 saturated carbocycles. The highest BCUT2D eigenvalue weighted by atomic mass is 16.5. The Morgan fingerprint density at radius 3 is 2.67 bits per heavy atom. The van der Waals surface area contributed by atoms with Gasteiger partial charge in [0.2, 0.25) is 5.91 Å². The second-order valence-electron chi connectivity index (χ2n) is 4.25. The topological polar surface area (TPSA) is 38.3 Å². The summed E-state index contributed by atoms with van der Waals surface area (Å²) in [5.41, 5.74) is -0.163. The zero-order valence-corrected chi connectivity index (χ0v) is 10.1. The molecule has 0 saturated heterocycles. The summed E-state index contributed by atoms with van der Waals surface area (Å²) in [6.07, 6.45) is 5.87. The molecule has 15 heavy (non-hydrogen) atoms. The molecule has 0 aromatic carbocycles. The van der Waals surface area contributed by atoms with Gasteiger partial charge in [0.05, 0.1) is 5.60 Å². The van der Waals surface area contributed by atoms with Gasteiger partial charge in [-0.1, -0.05) is 32.8 Å². The first kappa shape index (κ1) is 14.2. The molecule has 0 heterocycles. The van der Waals surface area contributed by atoms with Gasteiger partial charge in [0.15, 0.2) is 0 Å². The maximum absolute atomic E-state index is 10.8. The van der Waals surface area contributed by atoms with E-state index in [9.17, 15) is 4.79 Å². The van der Waals surface area contributed by atoms with Gasteiger partial charge in [-0.15, -0.1) is 0 Å². The Morgan fingerprint density at radius 2 is 2.13 bits per heavy atom. The third-order valence-electron chi connectivity index (χ3n) is 2.28. The fourth-order valence-electron chi connectivity index (χ4n) is 1.25. The standard InChI is InChI=1S/C12H23NO2/c1-5-7-8-9-12(3,4)15-10-13-11(14)6-2/h6H,2,5,7-10H2,1,3-4H3,(H,13,14). The van der Waals surface area contributed by atoms with E-state index >= 15 is 0 Å². The van der Waals surface area contributed by atoms with Crippen LogP contribution in [-0.2, 0) is 9.53 Å². The van der Waals surface area contributed by atoms with E-state index in [4.69, 9.17) is 4.74 Å². The third kappa shape index (κ3) is 8.18. The Bertz CT molecular complexity index is 200. The number of rotatable bonds is 8. The summed E-state index contributed by atoms with van der Waals surface area (Å²) in [5, 5.41) is 2.60. The lowest BCUT2D eigenvalue weighted by atomic mass is 10.0. The van der Waals surface area contributed by atoms with Gasteiger partial charge in [-0.3, -0.25) is 4.79 Å². The summed E-state index contributed by atoms with van der Waals surface area (Å²) >= 11 is 0. The number of nitrogens with one attached hydrogen (secondary N) is 1. The van der Waals surface area contributed by atoms with Crippen molar-refractivity contribution < 1.29 is 9.53 Å². The first-order valence-corrected chi connectivity index (χ1v) is 5.56. The number of hydrogen-bond acceptors (Lipinski definition) is 2. The predicted molar refractivity (Wildman–Crippen MR) is 62.5 cm³/mol. The molecule has 0 aromatic rings. The predicted octanol–water partition coefficient (Wildman–Crippen LogP) is 2.62. The Hall–Kier alpha value is -0.830. The molecule has 0 aliphatic carbocycles. The number of amides is 1. The van der Waals surface area contributed by atoms with E-state index in [2.05, 4.69) is 18.8 Å². The minimum absolute atomic E-state index is 0.163. The van der Waals surface area contributed by atoms with Crippen LogP contribution in [0.3, 0.4) is 0 Å². The van der Waals surface area contributed by atoms with Crippen LogP contribution in [0.5, 0.6) is 0 Å². The van der Waals surface area contributed by atoms with E-state index in [1.165, 1.54) is 25.3 Å². The first-order chi connectivity index (χ1) is 7.02. The van der Waals surface area contributed by atoms with Gasteiger partial charge in [0, 0.05) is 0 Å². The molecule has 0 radical (unpaired) electrons. The number of carbonyl (C=O) groups is 1. The number of unbranched alkanes of at least 4 members (excludes halogenated alkanes) is 2. The molecular weight excluding hydrogens is 190 g/mol. The zero-order chi connectivity index (χ0) is 11.7. The normalized spacial score (nSPS) is 11.1. The minimum Gasteiger partial charge on any atom is -0.355 e. The molecule has 0 rings (SSSR count). The van der Waals surface area contributed by atoms with Crippen molar-refractivity contribution in [1.82, 2.24) is 5.32 Å². The molecule has 3 heteroatoms. The molecule has 0 aromatic heterocycles. The van der Waals surface area contributed by atoms with Crippen molar-refractivity contribution >= 4 is 5.91 Å². The minimum atomic E-state index is -0.195. The summed E-state index contributed by atoms with van der Waals surface area (Å²) in [6.45, 7) is 9.89. The monoisotopic (exact) mass is 213 g/mol. The maximum Gasteiger partial charge on any atom is 0.245 e. The van der Waals surface area contributed by atoms with Crippen LogP contribution in [-0.4, -0.2) is 18.2 Å². The van der Waals surface area contributed by atoms with E-state index in [0.717, 1.165) is 6.42 Å². The first-order valence-electron chi connectivity index (χ1n) is 5.56. The van der Waals surface area contributed by atoms with Crippen molar-refractivity contribution in [2.75, 3.05) is 6.73 Å². The van der Waals surface area contributed by atoms with Crippen molar-refractivity contribution in [3.63, 3.8) is 0 Å². The van der Waals surface area contributed by atoms with E-state index in [1.807, 2.05) is 13.8 Å². The van der Waals surface area contributed by atoms with Crippen LogP contribution < -0.4 is 5.32 Å². The molecule has 1 amide bonds. The van der Waals surface area contributed by atoms with Crippen LogP contribution in [0.15, 0.2) is 12.7 Å². The summed E-state index contributed by atoms with van der Waals surface area (Å²) in [7, 11) is 0. The molecule has 88 valence electrons. The van der Waals surface area contributed by atoms with Crippen LogP contribution in [0, 0.1) is 0 Å². The van der Waals surface area contributed by atoms with Crippen LogP contribution in [0.1, 0.15) is 46.5 Å². The van der Waals surface area contributed by atoms with Gasteiger partial charge < -0.3 is 10.1 Å². The molecule has 0 bridgehead atoms. The van der Waals surface area contributed by atoms with Crippen LogP contribution in [0.25, 0.3) is 0 Å². The summed E-state index contributed by atoms with van der Waals surface area (Å²) in [6, 6.07) is 0. The SMILES string of the molecule is C=CC(=O)NCOC(C)(C)CCCCC. The number of ether oxygens (including phenoxy) is 1. The molecule has 0 spiro atoms.